The summed E-state index contributed by atoms with van der Waals surface area (Å²) in [5, 5.41) is 0.548. The summed E-state index contributed by atoms with van der Waals surface area (Å²) in [4.78, 5) is 48.4. The Labute approximate surface area is 254 Å². The highest BCUT2D eigenvalue weighted by Crippen LogP contribution is 2.39. The van der Waals surface area contributed by atoms with Gasteiger partial charge in [-0.2, -0.15) is 0 Å². The van der Waals surface area contributed by atoms with Gasteiger partial charge in [-0.25, -0.2) is 9.79 Å². The van der Waals surface area contributed by atoms with Gasteiger partial charge < -0.3 is 19.1 Å². The standard InChI is InChI=1S/C32H24ClN3O6S/c1-3-40-31(39)25-17(2)34-32-36(27(25)18-12-13-23-24(14-18)42-16-41-23)30(38)28(43-32)26-20-9-5-7-11-22(20)35(29(26)37)15-19-8-4-6-10-21(19)33/h4-14,27H,3,15-16H2,1-2H3/b28-26+/t27-/m1/s1. The lowest BCUT2D eigenvalue weighted by Gasteiger charge is -2.24. The van der Waals surface area contributed by atoms with Crippen molar-refractivity contribution in [1.29, 1.82) is 0 Å². The Hall–Kier alpha value is -4.67. The summed E-state index contributed by atoms with van der Waals surface area (Å²) in [6.07, 6.45) is 0. The molecule has 0 saturated carbocycles. The molecule has 0 radical (unpaired) electrons. The van der Waals surface area contributed by atoms with E-state index in [1.165, 1.54) is 4.57 Å². The van der Waals surface area contributed by atoms with Gasteiger partial charge in [-0.3, -0.25) is 14.2 Å². The van der Waals surface area contributed by atoms with E-state index in [0.717, 1.165) is 16.9 Å². The molecule has 7 rings (SSSR count). The molecule has 4 aromatic rings. The molecule has 9 nitrogen and oxygen atoms in total. The average Bonchev–Trinajstić information content (AvgIpc) is 3.67. The Balaban J connectivity index is 1.44. The maximum Gasteiger partial charge on any atom is 0.338 e. The van der Waals surface area contributed by atoms with E-state index in [2.05, 4.69) is 4.99 Å². The lowest BCUT2D eigenvalue weighted by atomic mass is 9.95. The number of amides is 1. The Bertz CT molecular complexity index is 2060. The van der Waals surface area contributed by atoms with E-state index in [4.69, 9.17) is 25.8 Å². The minimum absolute atomic E-state index is 0.0801. The number of carbonyl (C=O) groups excluding carboxylic acids is 2. The molecule has 3 aromatic carbocycles. The van der Waals surface area contributed by atoms with Crippen molar-refractivity contribution in [2.75, 3.05) is 18.3 Å². The summed E-state index contributed by atoms with van der Waals surface area (Å²) in [5.74, 6) is 0.198. The maximum atomic E-state index is 14.4. The third-order valence-corrected chi connectivity index (χ3v) is 9.06. The van der Waals surface area contributed by atoms with E-state index >= 15 is 0 Å². The SMILES string of the molecule is CCOC(=O)C1=C(C)N=c2s/c(=C3/C(=O)N(Cc4ccccc4Cl)c4ccccc43)c(=O)n2[C@@H]1c1ccc2c(c1)OCO2. The molecule has 1 atom stereocenters. The van der Waals surface area contributed by atoms with Gasteiger partial charge in [-0.05, 0) is 49.2 Å². The third-order valence-electron chi connectivity index (χ3n) is 7.64. The molecule has 0 N–H and O–H groups in total. The number of esters is 1. The summed E-state index contributed by atoms with van der Waals surface area (Å²) < 4.78 is 18.2. The predicted octanol–water partition coefficient (Wildman–Crippen LogP) is 4.10. The average molecular weight is 614 g/mol. The normalized spacial score (nSPS) is 18.0. The molecule has 0 spiro atoms. The number of thiazole rings is 1. The summed E-state index contributed by atoms with van der Waals surface area (Å²) in [7, 11) is 0. The molecule has 0 aliphatic carbocycles. The van der Waals surface area contributed by atoms with Gasteiger partial charge in [0.25, 0.3) is 11.5 Å². The zero-order valence-corrected chi connectivity index (χ0v) is 24.7. The van der Waals surface area contributed by atoms with E-state index in [9.17, 15) is 14.4 Å². The van der Waals surface area contributed by atoms with Gasteiger partial charge >= 0.3 is 5.97 Å². The monoisotopic (exact) mass is 613 g/mol. The first-order valence-electron chi connectivity index (χ1n) is 13.6. The van der Waals surface area contributed by atoms with Gasteiger partial charge in [0, 0.05) is 10.6 Å². The molecule has 43 heavy (non-hydrogen) atoms. The Morgan fingerprint density at radius 2 is 1.84 bits per heavy atom. The highest BCUT2D eigenvalue weighted by atomic mass is 35.5. The summed E-state index contributed by atoms with van der Waals surface area (Å²) in [6, 6.07) is 19.2. The number of nitrogens with zero attached hydrogens (tertiary/aromatic N) is 3. The quantitative estimate of drug-likeness (QED) is 0.314. The lowest BCUT2D eigenvalue weighted by molar-refractivity contribution is -0.139. The molecule has 0 saturated heterocycles. The minimum atomic E-state index is -0.856. The first-order chi connectivity index (χ1) is 20.9. The smallest absolute Gasteiger partial charge is 0.338 e. The van der Waals surface area contributed by atoms with Crippen LogP contribution in [0.25, 0.3) is 5.57 Å². The molecule has 3 aliphatic heterocycles. The van der Waals surface area contributed by atoms with Crippen LogP contribution in [0.1, 0.15) is 36.6 Å². The molecule has 1 aromatic heterocycles. The third kappa shape index (κ3) is 4.36. The van der Waals surface area contributed by atoms with E-state index in [0.29, 0.717) is 43.8 Å². The number of carbonyl (C=O) groups is 2. The fraction of sp³-hybridized carbons (Fsp3) is 0.188. The Morgan fingerprint density at radius 3 is 2.65 bits per heavy atom. The van der Waals surface area contributed by atoms with Crippen molar-refractivity contribution < 1.29 is 23.8 Å². The summed E-state index contributed by atoms with van der Waals surface area (Å²) in [6.45, 7) is 3.91. The fourth-order valence-electron chi connectivity index (χ4n) is 5.69. The molecule has 4 heterocycles. The van der Waals surface area contributed by atoms with Crippen LogP contribution in [-0.4, -0.2) is 29.8 Å². The van der Waals surface area contributed by atoms with Crippen molar-refractivity contribution in [3.63, 3.8) is 0 Å². The fourth-order valence-corrected chi connectivity index (χ4v) is 7.03. The number of anilines is 1. The zero-order valence-electron chi connectivity index (χ0n) is 23.1. The van der Waals surface area contributed by atoms with E-state index in [-0.39, 0.29) is 41.5 Å². The van der Waals surface area contributed by atoms with Crippen LogP contribution in [0, 0.1) is 0 Å². The molecule has 0 unspecified atom stereocenters. The van der Waals surface area contributed by atoms with Crippen LogP contribution < -0.4 is 29.3 Å². The Morgan fingerprint density at radius 1 is 1.07 bits per heavy atom. The van der Waals surface area contributed by atoms with Gasteiger partial charge in [0.15, 0.2) is 16.3 Å². The minimum Gasteiger partial charge on any atom is -0.463 e. The maximum absolute atomic E-state index is 14.4. The van der Waals surface area contributed by atoms with Crippen LogP contribution in [0.3, 0.4) is 0 Å². The molecular weight excluding hydrogens is 590 g/mol. The highest BCUT2D eigenvalue weighted by Gasteiger charge is 2.38. The number of fused-ring (bicyclic) bond motifs is 3. The number of ether oxygens (including phenoxy) is 3. The van der Waals surface area contributed by atoms with Crippen LogP contribution in [0.15, 0.2) is 87.8 Å². The van der Waals surface area contributed by atoms with Gasteiger partial charge in [-0.15, -0.1) is 0 Å². The lowest BCUT2D eigenvalue weighted by Crippen LogP contribution is -2.41. The van der Waals surface area contributed by atoms with Gasteiger partial charge in [0.05, 0.1) is 41.7 Å². The number of rotatable bonds is 5. The molecule has 11 heteroatoms. The topological polar surface area (TPSA) is 99.4 Å². The van der Waals surface area contributed by atoms with Crippen molar-refractivity contribution in [2.24, 2.45) is 4.99 Å². The number of hydrogen-bond acceptors (Lipinski definition) is 8. The van der Waals surface area contributed by atoms with Crippen LogP contribution in [0.5, 0.6) is 11.5 Å². The second kappa shape index (κ2) is 10.6. The number of allylic oxidation sites excluding steroid dienone is 1. The number of hydrogen-bond donors (Lipinski definition) is 0. The van der Waals surface area contributed by atoms with Crippen molar-refractivity contribution in [3.8, 4) is 11.5 Å². The first kappa shape index (κ1) is 27.2. The second-order valence-corrected chi connectivity index (χ2v) is 11.5. The summed E-state index contributed by atoms with van der Waals surface area (Å²) >= 11 is 7.57. The number of para-hydroxylation sites is 1. The zero-order chi connectivity index (χ0) is 29.8. The molecule has 0 bridgehead atoms. The first-order valence-corrected chi connectivity index (χ1v) is 14.8. The van der Waals surface area contributed by atoms with Crippen molar-refractivity contribution in [2.45, 2.75) is 26.4 Å². The van der Waals surface area contributed by atoms with Gasteiger partial charge in [0.1, 0.15) is 4.53 Å². The molecule has 216 valence electrons. The predicted molar refractivity (Wildman–Crippen MR) is 161 cm³/mol. The van der Waals surface area contributed by atoms with Crippen molar-refractivity contribution in [1.82, 2.24) is 4.57 Å². The van der Waals surface area contributed by atoms with Crippen LogP contribution in [-0.2, 0) is 20.9 Å². The number of benzene rings is 3. The van der Waals surface area contributed by atoms with Crippen LogP contribution in [0.4, 0.5) is 5.69 Å². The molecule has 3 aliphatic rings. The Kier molecular flexibility index (Phi) is 6.67. The van der Waals surface area contributed by atoms with Gasteiger partial charge in [0.2, 0.25) is 6.79 Å². The molecule has 0 fully saturated rings. The van der Waals surface area contributed by atoms with Gasteiger partial charge in [-0.1, -0.05) is 65.4 Å². The van der Waals surface area contributed by atoms with E-state index in [1.54, 1.807) is 43.0 Å². The van der Waals surface area contributed by atoms with E-state index in [1.807, 2.05) is 42.5 Å². The summed E-state index contributed by atoms with van der Waals surface area (Å²) in [5.41, 5.74) is 3.26. The van der Waals surface area contributed by atoms with Crippen LogP contribution >= 0.6 is 22.9 Å². The number of aromatic nitrogens is 1. The molecule has 1 amide bonds. The van der Waals surface area contributed by atoms with Crippen molar-refractivity contribution >= 4 is 46.1 Å². The highest BCUT2D eigenvalue weighted by molar-refractivity contribution is 7.07. The van der Waals surface area contributed by atoms with Crippen LogP contribution in [0.2, 0.25) is 5.02 Å². The molecular formula is C32H24ClN3O6S. The second-order valence-electron chi connectivity index (χ2n) is 10.1. The van der Waals surface area contributed by atoms with E-state index < -0.39 is 17.6 Å². The number of halogens is 1. The van der Waals surface area contributed by atoms with Crippen molar-refractivity contribution in [3.05, 3.63) is 119 Å². The largest absolute Gasteiger partial charge is 0.463 e.